The Bertz CT molecular complexity index is 880. The van der Waals surface area contributed by atoms with Gasteiger partial charge in [0, 0.05) is 48.2 Å². The second-order valence-corrected chi connectivity index (χ2v) is 8.27. The number of rotatable bonds is 3. The van der Waals surface area contributed by atoms with E-state index in [1.165, 1.54) is 16.7 Å². The van der Waals surface area contributed by atoms with E-state index in [-0.39, 0.29) is 5.91 Å². The minimum Gasteiger partial charge on any atom is -0.493 e. The summed E-state index contributed by atoms with van der Waals surface area (Å²) in [5.41, 5.74) is 5.94. The maximum atomic E-state index is 12.9. The van der Waals surface area contributed by atoms with Crippen molar-refractivity contribution in [1.29, 1.82) is 0 Å². The summed E-state index contributed by atoms with van der Waals surface area (Å²) in [5, 5.41) is 0. The number of hydrogen-bond acceptors (Lipinski definition) is 3. The fraction of sp³-hybridized carbons (Fsp3) is 0.458. The molecule has 3 aliphatic rings. The molecule has 0 aromatic heterocycles. The van der Waals surface area contributed by atoms with Crippen LogP contribution in [0.5, 0.6) is 11.5 Å². The van der Waals surface area contributed by atoms with Gasteiger partial charge in [0.1, 0.15) is 11.5 Å². The molecule has 0 spiro atoms. The van der Waals surface area contributed by atoms with Crippen LogP contribution in [-0.2, 0) is 19.3 Å². The third kappa shape index (κ3) is 3.05. The van der Waals surface area contributed by atoms with Gasteiger partial charge in [-0.1, -0.05) is 18.2 Å². The Hall–Kier alpha value is -2.49. The van der Waals surface area contributed by atoms with Gasteiger partial charge in [-0.05, 0) is 49.8 Å². The second kappa shape index (κ2) is 7.16. The first-order valence-electron chi connectivity index (χ1n) is 10.5. The van der Waals surface area contributed by atoms with Gasteiger partial charge in [-0.15, -0.1) is 0 Å². The zero-order valence-electron chi connectivity index (χ0n) is 16.5. The Morgan fingerprint density at radius 2 is 1.89 bits per heavy atom. The number of aryl methyl sites for hydroxylation is 1. The molecule has 1 saturated heterocycles. The molecular formula is C24H27NO3. The largest absolute Gasteiger partial charge is 0.493 e. The molecule has 3 aliphatic heterocycles. The minimum absolute atomic E-state index is 0.176. The number of ether oxygens (including phenoxy) is 2. The van der Waals surface area contributed by atoms with Gasteiger partial charge in [0.25, 0.3) is 5.91 Å². The highest BCUT2D eigenvalue weighted by Gasteiger charge is 2.30. The van der Waals surface area contributed by atoms with Gasteiger partial charge in [0.2, 0.25) is 0 Å². The molecule has 3 heterocycles. The van der Waals surface area contributed by atoms with Crippen molar-refractivity contribution in [2.75, 3.05) is 26.3 Å². The molecule has 4 heteroatoms. The number of benzene rings is 2. The second-order valence-electron chi connectivity index (χ2n) is 8.27. The van der Waals surface area contributed by atoms with Crippen molar-refractivity contribution in [3.05, 3.63) is 58.1 Å². The van der Waals surface area contributed by atoms with Crippen LogP contribution in [-0.4, -0.2) is 37.1 Å². The van der Waals surface area contributed by atoms with Crippen molar-refractivity contribution in [3.63, 3.8) is 0 Å². The van der Waals surface area contributed by atoms with Gasteiger partial charge >= 0.3 is 0 Å². The van der Waals surface area contributed by atoms with Crippen LogP contribution in [0, 0.1) is 12.8 Å². The zero-order valence-corrected chi connectivity index (χ0v) is 16.5. The van der Waals surface area contributed by atoms with Gasteiger partial charge in [-0.2, -0.15) is 0 Å². The van der Waals surface area contributed by atoms with E-state index in [0.717, 1.165) is 81.0 Å². The maximum absolute atomic E-state index is 12.9. The summed E-state index contributed by atoms with van der Waals surface area (Å²) in [5.74, 6) is 2.98. The number of amides is 1. The molecule has 0 atom stereocenters. The zero-order chi connectivity index (χ0) is 19.1. The Kier molecular flexibility index (Phi) is 4.50. The Labute approximate surface area is 166 Å². The molecule has 0 radical (unpaired) electrons. The lowest BCUT2D eigenvalue weighted by molar-refractivity contribution is 0.0689. The first-order valence-corrected chi connectivity index (χ1v) is 10.5. The number of carbonyl (C=O) groups excluding carboxylic acids is 1. The lowest BCUT2D eigenvalue weighted by Gasteiger charge is -2.33. The minimum atomic E-state index is 0.176. The molecule has 0 saturated carbocycles. The summed E-state index contributed by atoms with van der Waals surface area (Å²) in [6.07, 6.45) is 5.13. The third-order valence-corrected chi connectivity index (χ3v) is 6.53. The highest BCUT2D eigenvalue weighted by Crippen LogP contribution is 2.42. The number of hydrogen-bond donors (Lipinski definition) is 0. The van der Waals surface area contributed by atoms with Crippen molar-refractivity contribution in [2.24, 2.45) is 5.92 Å². The summed E-state index contributed by atoms with van der Waals surface area (Å²) in [6.45, 7) is 5.26. The van der Waals surface area contributed by atoms with E-state index in [4.69, 9.17) is 9.47 Å². The van der Waals surface area contributed by atoms with Gasteiger partial charge < -0.3 is 14.4 Å². The molecule has 0 aliphatic carbocycles. The number of carbonyl (C=O) groups is 1. The summed E-state index contributed by atoms with van der Waals surface area (Å²) in [4.78, 5) is 14.9. The van der Waals surface area contributed by atoms with Gasteiger partial charge in [-0.25, -0.2) is 0 Å². The van der Waals surface area contributed by atoms with E-state index in [1.54, 1.807) is 0 Å². The van der Waals surface area contributed by atoms with E-state index in [1.807, 2.05) is 36.1 Å². The average molecular weight is 377 g/mol. The number of piperidine rings is 1. The normalized spacial score (nSPS) is 18.4. The fourth-order valence-electron chi connectivity index (χ4n) is 4.91. The van der Waals surface area contributed by atoms with Crippen molar-refractivity contribution >= 4 is 5.91 Å². The lowest BCUT2D eigenvalue weighted by atomic mass is 9.86. The standard InChI is InChI=1S/C24H27NO3/c1-16-4-2-3-5-19(16)24(26)25-10-6-17(7-11-25)14-21-20-9-13-27-22(20)15-18-8-12-28-23(18)21/h2-5,15,17H,6-14H2,1H3. The molecule has 1 amide bonds. The molecule has 0 N–H and O–H groups in total. The summed E-state index contributed by atoms with van der Waals surface area (Å²) < 4.78 is 11.9. The quantitative estimate of drug-likeness (QED) is 0.813. The van der Waals surface area contributed by atoms with Gasteiger partial charge in [-0.3, -0.25) is 4.79 Å². The summed E-state index contributed by atoms with van der Waals surface area (Å²) in [6, 6.07) is 10.1. The molecular weight excluding hydrogens is 350 g/mol. The molecule has 146 valence electrons. The number of fused-ring (bicyclic) bond motifs is 2. The Morgan fingerprint density at radius 3 is 2.71 bits per heavy atom. The summed E-state index contributed by atoms with van der Waals surface area (Å²) >= 11 is 0. The SMILES string of the molecule is Cc1ccccc1C(=O)N1CCC(Cc2c3c(cc4c2OCC4)OCC3)CC1. The van der Waals surface area contributed by atoms with Gasteiger partial charge in [0.15, 0.2) is 0 Å². The maximum Gasteiger partial charge on any atom is 0.254 e. The molecule has 0 bridgehead atoms. The Morgan fingerprint density at radius 1 is 1.11 bits per heavy atom. The van der Waals surface area contributed by atoms with Crippen LogP contribution in [0.25, 0.3) is 0 Å². The molecule has 5 rings (SSSR count). The van der Waals surface area contributed by atoms with E-state index in [2.05, 4.69) is 6.07 Å². The van der Waals surface area contributed by atoms with Crippen LogP contribution >= 0.6 is 0 Å². The van der Waals surface area contributed by atoms with Crippen LogP contribution in [0.4, 0.5) is 0 Å². The van der Waals surface area contributed by atoms with Crippen molar-refractivity contribution in [1.82, 2.24) is 4.90 Å². The van der Waals surface area contributed by atoms with E-state index in [9.17, 15) is 4.79 Å². The average Bonchev–Trinajstić information content (AvgIpc) is 3.37. The first kappa shape index (κ1) is 17.6. The summed E-state index contributed by atoms with van der Waals surface area (Å²) in [7, 11) is 0. The van der Waals surface area contributed by atoms with E-state index < -0.39 is 0 Å². The molecule has 2 aromatic rings. The lowest BCUT2D eigenvalue weighted by Crippen LogP contribution is -2.39. The highest BCUT2D eigenvalue weighted by molar-refractivity contribution is 5.95. The van der Waals surface area contributed by atoms with Crippen LogP contribution in [0.3, 0.4) is 0 Å². The van der Waals surface area contributed by atoms with Crippen LogP contribution in [0.1, 0.15) is 45.5 Å². The predicted molar refractivity (Wildman–Crippen MR) is 108 cm³/mol. The van der Waals surface area contributed by atoms with Crippen molar-refractivity contribution < 1.29 is 14.3 Å². The van der Waals surface area contributed by atoms with Gasteiger partial charge in [0.05, 0.1) is 13.2 Å². The third-order valence-electron chi connectivity index (χ3n) is 6.53. The molecule has 2 aromatic carbocycles. The highest BCUT2D eigenvalue weighted by atomic mass is 16.5. The van der Waals surface area contributed by atoms with Crippen LogP contribution in [0.15, 0.2) is 30.3 Å². The van der Waals surface area contributed by atoms with E-state index >= 15 is 0 Å². The topological polar surface area (TPSA) is 38.8 Å². The van der Waals surface area contributed by atoms with Crippen LogP contribution in [0.2, 0.25) is 0 Å². The monoisotopic (exact) mass is 377 g/mol. The Balaban J connectivity index is 1.29. The molecule has 28 heavy (non-hydrogen) atoms. The number of nitrogens with zero attached hydrogens (tertiary/aromatic N) is 1. The molecule has 4 nitrogen and oxygen atoms in total. The fourth-order valence-corrected chi connectivity index (χ4v) is 4.91. The van der Waals surface area contributed by atoms with Crippen molar-refractivity contribution in [3.8, 4) is 11.5 Å². The first-order chi connectivity index (χ1) is 13.7. The number of likely N-dealkylation sites (tertiary alicyclic amines) is 1. The van der Waals surface area contributed by atoms with Crippen LogP contribution < -0.4 is 9.47 Å². The molecule has 1 fully saturated rings. The van der Waals surface area contributed by atoms with E-state index in [0.29, 0.717) is 5.92 Å². The van der Waals surface area contributed by atoms with Crippen molar-refractivity contribution in [2.45, 2.75) is 39.0 Å². The molecule has 0 unspecified atom stereocenters. The predicted octanol–water partition coefficient (Wildman–Crippen LogP) is 3.96. The smallest absolute Gasteiger partial charge is 0.254 e.